The van der Waals surface area contributed by atoms with Crippen LogP contribution in [0.4, 0.5) is 5.69 Å². The molecule has 0 atom stereocenters. The molecule has 178 valence electrons. The smallest absolute Gasteiger partial charge is 0.266 e. The van der Waals surface area contributed by atoms with Gasteiger partial charge in [-0.15, -0.1) is 0 Å². The molecule has 0 aromatic heterocycles. The predicted molar refractivity (Wildman–Crippen MR) is 126 cm³/mol. The maximum Gasteiger partial charge on any atom is 0.266 e. The average Bonchev–Trinajstić information content (AvgIpc) is 2.86. The maximum atomic E-state index is 12.7. The molecule has 0 spiro atoms. The molecule has 0 radical (unpaired) electrons. The standard InChI is InChI=1S/C25H27N3O6/c1-4-28(5-2)24(29)16-34-20-8-6-17(13-22(20)31-3)12-18(15-26)25(30)27-19-7-9-21-23(14-19)33-11-10-32-21/h6-9,12-14H,4-5,10-11,16H2,1-3H3,(H,27,30)/b18-12-. The van der Waals surface area contributed by atoms with E-state index in [4.69, 9.17) is 18.9 Å². The van der Waals surface area contributed by atoms with Gasteiger partial charge in [-0.1, -0.05) is 6.07 Å². The third-order valence-electron chi connectivity index (χ3n) is 5.13. The van der Waals surface area contributed by atoms with Gasteiger partial charge in [0.25, 0.3) is 11.8 Å². The van der Waals surface area contributed by atoms with Crippen molar-refractivity contribution < 1.29 is 28.5 Å². The monoisotopic (exact) mass is 465 g/mol. The van der Waals surface area contributed by atoms with Crippen LogP contribution in [0.3, 0.4) is 0 Å². The Hall–Kier alpha value is -4.19. The first-order chi connectivity index (χ1) is 16.5. The molecule has 1 heterocycles. The molecule has 34 heavy (non-hydrogen) atoms. The molecule has 0 bridgehead atoms. The van der Waals surface area contributed by atoms with Crippen molar-refractivity contribution in [3.63, 3.8) is 0 Å². The van der Waals surface area contributed by atoms with Crippen molar-refractivity contribution in [2.75, 3.05) is 45.3 Å². The number of nitrogens with zero attached hydrogens (tertiary/aromatic N) is 2. The van der Waals surface area contributed by atoms with E-state index in [2.05, 4.69) is 5.32 Å². The fraction of sp³-hybridized carbons (Fsp3) is 0.320. The Morgan fingerprint density at radius 1 is 1.09 bits per heavy atom. The molecular weight excluding hydrogens is 438 g/mol. The number of fused-ring (bicyclic) bond motifs is 1. The summed E-state index contributed by atoms with van der Waals surface area (Å²) in [6.45, 7) is 5.79. The Kier molecular flexibility index (Phi) is 8.35. The summed E-state index contributed by atoms with van der Waals surface area (Å²) < 4.78 is 22.0. The second kappa shape index (κ2) is 11.6. The molecule has 0 fully saturated rings. The van der Waals surface area contributed by atoms with E-state index in [1.54, 1.807) is 41.3 Å². The molecule has 9 heteroatoms. The van der Waals surface area contributed by atoms with Crippen molar-refractivity contribution >= 4 is 23.6 Å². The predicted octanol–water partition coefficient (Wildman–Crippen LogP) is 3.26. The van der Waals surface area contributed by atoms with Crippen LogP contribution >= 0.6 is 0 Å². The van der Waals surface area contributed by atoms with Crippen LogP contribution in [0.1, 0.15) is 19.4 Å². The van der Waals surface area contributed by atoms with E-state index in [0.717, 1.165) is 0 Å². The van der Waals surface area contributed by atoms with Crippen LogP contribution in [-0.2, 0) is 9.59 Å². The van der Waals surface area contributed by atoms with Crippen molar-refractivity contribution in [3.8, 4) is 29.1 Å². The van der Waals surface area contributed by atoms with E-state index in [1.807, 2.05) is 19.9 Å². The molecule has 9 nitrogen and oxygen atoms in total. The number of benzene rings is 2. The Labute approximate surface area is 198 Å². The number of likely N-dealkylation sites (N-methyl/N-ethyl adjacent to an activating group) is 1. The second-order valence-corrected chi connectivity index (χ2v) is 7.25. The fourth-order valence-corrected chi connectivity index (χ4v) is 3.34. The van der Waals surface area contributed by atoms with Gasteiger partial charge in [0.05, 0.1) is 7.11 Å². The van der Waals surface area contributed by atoms with Crippen LogP contribution in [0.2, 0.25) is 0 Å². The van der Waals surface area contributed by atoms with Crippen LogP contribution in [0.5, 0.6) is 23.0 Å². The molecule has 0 saturated carbocycles. The lowest BCUT2D eigenvalue weighted by Gasteiger charge is -2.19. The van der Waals surface area contributed by atoms with E-state index in [0.29, 0.717) is 60.6 Å². The van der Waals surface area contributed by atoms with Crippen LogP contribution in [0.15, 0.2) is 42.0 Å². The van der Waals surface area contributed by atoms with E-state index in [1.165, 1.54) is 13.2 Å². The van der Waals surface area contributed by atoms with Gasteiger partial charge in [-0.05, 0) is 49.8 Å². The Morgan fingerprint density at radius 3 is 2.50 bits per heavy atom. The van der Waals surface area contributed by atoms with Gasteiger partial charge in [0.15, 0.2) is 29.6 Å². The molecular formula is C25H27N3O6. The van der Waals surface area contributed by atoms with Crippen LogP contribution in [0, 0.1) is 11.3 Å². The summed E-state index contributed by atoms with van der Waals surface area (Å²) in [4.78, 5) is 26.5. The lowest BCUT2D eigenvalue weighted by Crippen LogP contribution is -2.34. The highest BCUT2D eigenvalue weighted by Crippen LogP contribution is 2.33. The quantitative estimate of drug-likeness (QED) is 0.447. The molecule has 0 unspecified atom stereocenters. The topological polar surface area (TPSA) is 110 Å². The number of ether oxygens (including phenoxy) is 4. The van der Waals surface area contributed by atoms with Gasteiger partial charge < -0.3 is 29.2 Å². The van der Waals surface area contributed by atoms with E-state index in [9.17, 15) is 14.9 Å². The first-order valence-corrected chi connectivity index (χ1v) is 10.9. The molecule has 1 N–H and O–H groups in total. The average molecular weight is 466 g/mol. The molecule has 2 aromatic carbocycles. The van der Waals surface area contributed by atoms with Crippen molar-refractivity contribution in [2.24, 2.45) is 0 Å². The van der Waals surface area contributed by atoms with E-state index < -0.39 is 5.91 Å². The Balaban J connectivity index is 1.72. The number of carbonyl (C=O) groups excluding carboxylic acids is 2. The van der Waals surface area contributed by atoms with Gasteiger partial charge in [0.2, 0.25) is 0 Å². The maximum absolute atomic E-state index is 12.7. The van der Waals surface area contributed by atoms with Crippen LogP contribution < -0.4 is 24.3 Å². The zero-order valence-electron chi connectivity index (χ0n) is 19.4. The third kappa shape index (κ3) is 5.98. The minimum absolute atomic E-state index is 0.0951. The summed E-state index contributed by atoms with van der Waals surface area (Å²) in [5.41, 5.74) is 0.949. The third-order valence-corrected chi connectivity index (χ3v) is 5.13. The summed E-state index contributed by atoms with van der Waals surface area (Å²) in [6.07, 6.45) is 1.45. The largest absolute Gasteiger partial charge is 0.493 e. The molecule has 2 amide bonds. The normalized spacial score (nSPS) is 12.4. The Bertz CT molecular complexity index is 1120. The summed E-state index contributed by atoms with van der Waals surface area (Å²) in [7, 11) is 1.47. The van der Waals surface area contributed by atoms with Gasteiger partial charge >= 0.3 is 0 Å². The zero-order valence-corrected chi connectivity index (χ0v) is 19.4. The minimum atomic E-state index is -0.566. The highest BCUT2D eigenvalue weighted by Gasteiger charge is 2.16. The summed E-state index contributed by atoms with van der Waals surface area (Å²) in [5, 5.41) is 12.2. The van der Waals surface area contributed by atoms with E-state index in [-0.39, 0.29) is 18.1 Å². The Morgan fingerprint density at radius 2 is 1.82 bits per heavy atom. The number of carbonyl (C=O) groups is 2. The minimum Gasteiger partial charge on any atom is -0.493 e. The number of nitrogens with one attached hydrogen (secondary N) is 1. The number of hydrogen-bond acceptors (Lipinski definition) is 7. The number of hydrogen-bond donors (Lipinski definition) is 1. The number of amides is 2. The first-order valence-electron chi connectivity index (χ1n) is 10.9. The SMILES string of the molecule is CCN(CC)C(=O)COc1ccc(/C=C(/C#N)C(=O)Nc2ccc3c(c2)OCCO3)cc1OC. The summed E-state index contributed by atoms with van der Waals surface area (Å²) in [6, 6.07) is 11.9. The molecule has 0 aliphatic carbocycles. The molecule has 1 aliphatic heterocycles. The highest BCUT2D eigenvalue weighted by atomic mass is 16.6. The van der Waals surface area contributed by atoms with Crippen LogP contribution in [-0.4, -0.2) is 56.7 Å². The lowest BCUT2D eigenvalue weighted by molar-refractivity contribution is -0.133. The highest BCUT2D eigenvalue weighted by molar-refractivity contribution is 6.09. The number of rotatable bonds is 9. The van der Waals surface area contributed by atoms with Crippen molar-refractivity contribution in [3.05, 3.63) is 47.5 Å². The van der Waals surface area contributed by atoms with Gasteiger partial charge in [0, 0.05) is 24.8 Å². The van der Waals surface area contributed by atoms with Crippen molar-refractivity contribution in [1.82, 2.24) is 4.90 Å². The van der Waals surface area contributed by atoms with Crippen molar-refractivity contribution in [1.29, 1.82) is 5.26 Å². The van der Waals surface area contributed by atoms with Crippen molar-refractivity contribution in [2.45, 2.75) is 13.8 Å². The second-order valence-electron chi connectivity index (χ2n) is 7.25. The summed E-state index contributed by atoms with van der Waals surface area (Å²) in [5.74, 6) is 1.21. The number of nitriles is 1. The van der Waals surface area contributed by atoms with Crippen LogP contribution in [0.25, 0.3) is 6.08 Å². The molecule has 2 aromatic rings. The zero-order chi connectivity index (χ0) is 24.5. The molecule has 3 rings (SSSR count). The van der Waals surface area contributed by atoms with E-state index >= 15 is 0 Å². The van der Waals surface area contributed by atoms with Gasteiger partial charge in [-0.2, -0.15) is 5.26 Å². The molecule has 1 aliphatic rings. The molecule has 0 saturated heterocycles. The van der Waals surface area contributed by atoms with Gasteiger partial charge in [-0.3, -0.25) is 9.59 Å². The summed E-state index contributed by atoms with van der Waals surface area (Å²) >= 11 is 0. The number of anilines is 1. The van der Waals surface area contributed by atoms with Gasteiger partial charge in [-0.25, -0.2) is 0 Å². The fourth-order valence-electron chi connectivity index (χ4n) is 3.34. The lowest BCUT2D eigenvalue weighted by atomic mass is 10.1. The van der Waals surface area contributed by atoms with Gasteiger partial charge in [0.1, 0.15) is 24.9 Å². The first kappa shape index (κ1) is 24.5. The number of methoxy groups -OCH3 is 1.